The van der Waals surface area contributed by atoms with Gasteiger partial charge in [-0.1, -0.05) is 0 Å². The molecule has 1 saturated heterocycles. The molecule has 3 rings (SSSR count). The van der Waals surface area contributed by atoms with Gasteiger partial charge in [-0.25, -0.2) is 18.2 Å². The molecule has 1 aliphatic heterocycles. The Kier molecular flexibility index (Phi) is 6.54. The van der Waals surface area contributed by atoms with E-state index in [4.69, 9.17) is 0 Å². The van der Waals surface area contributed by atoms with Gasteiger partial charge in [-0.2, -0.15) is 13.2 Å². The number of rotatable bonds is 5. The monoisotopic (exact) mass is 446 g/mol. The molecular weight excluding hydrogens is 426 g/mol. The minimum Gasteiger partial charge on any atom is -0.309 e. The van der Waals surface area contributed by atoms with Crippen molar-refractivity contribution in [3.05, 3.63) is 53.7 Å². The van der Waals surface area contributed by atoms with E-state index in [-0.39, 0.29) is 30.2 Å². The molecule has 0 unspecified atom stereocenters. The van der Waals surface area contributed by atoms with Crippen LogP contribution in [-0.4, -0.2) is 52.0 Å². The molecule has 0 saturated carbocycles. The number of aromatic nitrogens is 2. The van der Waals surface area contributed by atoms with Gasteiger partial charge < -0.3 is 5.32 Å². The molecule has 1 fully saturated rings. The van der Waals surface area contributed by atoms with Gasteiger partial charge in [-0.3, -0.25) is 14.7 Å². The number of carbonyl (C=O) groups excluding carboxylic acids is 1. The number of anilines is 1. The molecular formula is C20H20F6N4O. The Bertz CT molecular complexity index is 919. The molecule has 0 aliphatic carbocycles. The van der Waals surface area contributed by atoms with Gasteiger partial charge in [-0.05, 0) is 36.8 Å². The van der Waals surface area contributed by atoms with Crippen molar-refractivity contribution >= 4 is 11.7 Å². The van der Waals surface area contributed by atoms with Gasteiger partial charge in [0.25, 0.3) is 5.92 Å². The first kappa shape index (κ1) is 23.0. The number of carbonyl (C=O) groups is 1. The molecule has 0 aromatic carbocycles. The standard InChI is InChI=1S/C20H20F6N4O/c1-12(18(31)29-17-3-2-14(21)10-28-17)30-7-5-19(22,23)16(11-30)13-4-6-27-15(8-13)9-20(24,25)26/h2-4,6,8,10,12,16H,5,7,9,11H2,1H3,(H,28,29,31)/t12-,16+/m0/s1. The third kappa shape index (κ3) is 5.93. The van der Waals surface area contributed by atoms with Crippen LogP contribution in [0.25, 0.3) is 0 Å². The van der Waals surface area contributed by atoms with Crippen molar-refractivity contribution in [3.8, 4) is 0 Å². The Morgan fingerprint density at radius 2 is 2.03 bits per heavy atom. The zero-order valence-corrected chi connectivity index (χ0v) is 16.5. The van der Waals surface area contributed by atoms with Crippen molar-refractivity contribution in [1.82, 2.24) is 14.9 Å². The number of hydrogen-bond acceptors (Lipinski definition) is 4. The van der Waals surface area contributed by atoms with E-state index in [0.717, 1.165) is 24.5 Å². The maximum absolute atomic E-state index is 14.6. The van der Waals surface area contributed by atoms with Gasteiger partial charge in [0, 0.05) is 31.4 Å². The molecule has 0 bridgehead atoms. The van der Waals surface area contributed by atoms with Crippen molar-refractivity contribution in [3.63, 3.8) is 0 Å². The van der Waals surface area contributed by atoms with Gasteiger partial charge >= 0.3 is 6.18 Å². The van der Waals surface area contributed by atoms with Crippen LogP contribution in [0.1, 0.15) is 30.5 Å². The maximum Gasteiger partial charge on any atom is 0.394 e. The number of amides is 1. The number of pyridine rings is 2. The minimum absolute atomic E-state index is 0.0387. The van der Waals surface area contributed by atoms with Crippen molar-refractivity contribution in [1.29, 1.82) is 0 Å². The third-order valence-corrected chi connectivity index (χ3v) is 5.19. The molecule has 2 aromatic heterocycles. The van der Waals surface area contributed by atoms with Crippen LogP contribution in [-0.2, 0) is 11.2 Å². The Morgan fingerprint density at radius 3 is 2.68 bits per heavy atom. The second-order valence-corrected chi connectivity index (χ2v) is 7.46. The van der Waals surface area contributed by atoms with Gasteiger partial charge in [0.15, 0.2) is 0 Å². The number of hydrogen-bond donors (Lipinski definition) is 1. The molecule has 1 amide bonds. The van der Waals surface area contributed by atoms with Crippen molar-refractivity contribution < 1.29 is 31.1 Å². The highest BCUT2D eigenvalue weighted by atomic mass is 19.4. The lowest BCUT2D eigenvalue weighted by Gasteiger charge is -2.40. The van der Waals surface area contributed by atoms with E-state index in [9.17, 15) is 31.1 Å². The molecule has 11 heteroatoms. The molecule has 31 heavy (non-hydrogen) atoms. The highest BCUT2D eigenvalue weighted by molar-refractivity contribution is 5.93. The SMILES string of the molecule is C[C@@H](C(=O)Nc1ccc(F)cn1)N1CCC(F)(F)[C@@H](c2ccnc(CC(F)(F)F)c2)C1. The fourth-order valence-corrected chi connectivity index (χ4v) is 3.49. The Labute approximate surface area is 174 Å². The molecule has 1 N–H and O–H groups in total. The first-order valence-electron chi connectivity index (χ1n) is 9.50. The molecule has 3 heterocycles. The van der Waals surface area contributed by atoms with Crippen LogP contribution in [0.3, 0.4) is 0 Å². The highest BCUT2D eigenvalue weighted by Crippen LogP contribution is 2.41. The topological polar surface area (TPSA) is 58.1 Å². The molecule has 0 radical (unpaired) electrons. The highest BCUT2D eigenvalue weighted by Gasteiger charge is 2.46. The second-order valence-electron chi connectivity index (χ2n) is 7.46. The van der Waals surface area contributed by atoms with Crippen LogP contribution in [0, 0.1) is 5.82 Å². The first-order valence-corrected chi connectivity index (χ1v) is 9.50. The summed E-state index contributed by atoms with van der Waals surface area (Å²) in [6, 6.07) is 3.89. The average Bonchev–Trinajstić information content (AvgIpc) is 2.68. The van der Waals surface area contributed by atoms with Crippen molar-refractivity contribution in [2.45, 2.75) is 43.8 Å². The van der Waals surface area contributed by atoms with Crippen LogP contribution < -0.4 is 5.32 Å². The smallest absolute Gasteiger partial charge is 0.309 e. The van der Waals surface area contributed by atoms with E-state index in [1.165, 1.54) is 24.0 Å². The minimum atomic E-state index is -4.51. The summed E-state index contributed by atoms with van der Waals surface area (Å²) in [6.45, 7) is 1.23. The van der Waals surface area contributed by atoms with E-state index in [2.05, 4.69) is 15.3 Å². The van der Waals surface area contributed by atoms with E-state index < -0.39 is 48.6 Å². The number of likely N-dealkylation sites (tertiary alicyclic amines) is 1. The maximum atomic E-state index is 14.6. The van der Waals surface area contributed by atoms with E-state index in [1.807, 2.05) is 0 Å². The van der Waals surface area contributed by atoms with Gasteiger partial charge in [-0.15, -0.1) is 0 Å². The molecule has 168 valence electrons. The summed E-state index contributed by atoms with van der Waals surface area (Å²) in [7, 11) is 0. The molecule has 2 atom stereocenters. The van der Waals surface area contributed by atoms with Crippen molar-refractivity contribution in [2.75, 3.05) is 18.4 Å². The van der Waals surface area contributed by atoms with E-state index in [0.29, 0.717) is 0 Å². The second kappa shape index (κ2) is 8.81. The van der Waals surface area contributed by atoms with Crippen LogP contribution in [0.5, 0.6) is 0 Å². The summed E-state index contributed by atoms with van der Waals surface area (Å²) < 4.78 is 80.2. The van der Waals surface area contributed by atoms with Gasteiger partial charge in [0.05, 0.1) is 24.6 Å². The molecule has 5 nitrogen and oxygen atoms in total. The molecule has 1 aliphatic rings. The fourth-order valence-electron chi connectivity index (χ4n) is 3.49. The van der Waals surface area contributed by atoms with E-state index >= 15 is 0 Å². The van der Waals surface area contributed by atoms with Crippen LogP contribution >= 0.6 is 0 Å². The van der Waals surface area contributed by atoms with Crippen LogP contribution in [0.15, 0.2) is 36.7 Å². The summed E-state index contributed by atoms with van der Waals surface area (Å²) in [5.74, 6) is -5.52. The number of alkyl halides is 5. The zero-order chi connectivity index (χ0) is 22.8. The Hall–Kier alpha value is -2.69. The predicted octanol–water partition coefficient (Wildman–Crippen LogP) is 4.17. The molecule has 0 spiro atoms. The Morgan fingerprint density at radius 1 is 1.29 bits per heavy atom. The van der Waals surface area contributed by atoms with Gasteiger partial charge in [0.1, 0.15) is 11.6 Å². The number of nitrogens with one attached hydrogen (secondary N) is 1. The average molecular weight is 446 g/mol. The number of piperidine rings is 1. The van der Waals surface area contributed by atoms with Crippen LogP contribution in [0.2, 0.25) is 0 Å². The fraction of sp³-hybridized carbons (Fsp3) is 0.450. The van der Waals surface area contributed by atoms with E-state index in [1.54, 1.807) is 0 Å². The number of halogens is 6. The lowest BCUT2D eigenvalue weighted by molar-refractivity contribution is -0.128. The van der Waals surface area contributed by atoms with Gasteiger partial charge in [0.2, 0.25) is 5.91 Å². The lowest BCUT2D eigenvalue weighted by Crippen LogP contribution is -2.52. The summed E-state index contributed by atoms with van der Waals surface area (Å²) in [4.78, 5) is 21.4. The normalized spacial score (nSPS) is 20.3. The predicted molar refractivity (Wildman–Crippen MR) is 100 cm³/mol. The summed E-state index contributed by atoms with van der Waals surface area (Å²) >= 11 is 0. The zero-order valence-electron chi connectivity index (χ0n) is 16.5. The largest absolute Gasteiger partial charge is 0.394 e. The number of nitrogens with zero attached hydrogens (tertiary/aromatic N) is 3. The third-order valence-electron chi connectivity index (χ3n) is 5.19. The quantitative estimate of drug-likeness (QED) is 0.701. The lowest BCUT2D eigenvalue weighted by atomic mass is 9.86. The summed E-state index contributed by atoms with van der Waals surface area (Å²) in [5, 5.41) is 2.50. The summed E-state index contributed by atoms with van der Waals surface area (Å²) in [5.41, 5.74) is -0.303. The first-order chi connectivity index (χ1) is 14.4. The van der Waals surface area contributed by atoms with Crippen LogP contribution in [0.4, 0.5) is 32.2 Å². The Balaban J connectivity index is 1.74. The molecule has 2 aromatic rings. The van der Waals surface area contributed by atoms with Crippen molar-refractivity contribution in [2.24, 2.45) is 0 Å². The summed E-state index contributed by atoms with van der Waals surface area (Å²) in [6.07, 6.45) is -4.36.